The van der Waals surface area contributed by atoms with E-state index in [4.69, 9.17) is 13.9 Å². The molecule has 0 amide bonds. The zero-order valence-electron chi connectivity index (χ0n) is 13.2. The van der Waals surface area contributed by atoms with Gasteiger partial charge < -0.3 is 13.9 Å². The summed E-state index contributed by atoms with van der Waals surface area (Å²) in [6, 6.07) is 3.97. The molecule has 1 aliphatic heterocycles. The molecule has 3 rings (SSSR count). The molecule has 2 aromatic heterocycles. The highest BCUT2D eigenvalue weighted by atomic mass is 16.5. The van der Waals surface area contributed by atoms with Crippen molar-refractivity contribution in [2.75, 3.05) is 27.3 Å². The summed E-state index contributed by atoms with van der Waals surface area (Å²) < 4.78 is 18.2. The molecule has 1 fully saturated rings. The molecule has 1 saturated heterocycles. The maximum Gasteiger partial charge on any atom is 0.129 e. The largest absolute Gasteiger partial charge is 0.462 e. The van der Waals surface area contributed by atoms with Crippen molar-refractivity contribution in [1.82, 2.24) is 19.9 Å². The van der Waals surface area contributed by atoms with Gasteiger partial charge in [0.1, 0.15) is 18.1 Å². The smallest absolute Gasteiger partial charge is 0.129 e. The van der Waals surface area contributed by atoms with Gasteiger partial charge in [0, 0.05) is 46.5 Å². The lowest BCUT2D eigenvalue weighted by Crippen LogP contribution is -2.22. The second kappa shape index (κ2) is 6.60. The van der Waals surface area contributed by atoms with Crippen molar-refractivity contribution in [3.63, 3.8) is 0 Å². The molecule has 0 bridgehead atoms. The van der Waals surface area contributed by atoms with E-state index >= 15 is 0 Å². The summed E-state index contributed by atoms with van der Waals surface area (Å²) in [4.78, 5) is 2.32. The molecule has 0 N–H and O–H groups in total. The third-order valence-corrected chi connectivity index (χ3v) is 4.03. The maximum atomic E-state index is 5.76. The Morgan fingerprint density at radius 2 is 2.09 bits per heavy atom. The van der Waals surface area contributed by atoms with Crippen LogP contribution in [0, 0.1) is 0 Å². The van der Waals surface area contributed by atoms with E-state index in [9.17, 15) is 0 Å². The molecule has 1 aliphatic rings. The standard InChI is InChI=1S/C15H22N4O3/c1-18-8-14(16-17-18)13-7-19(9-15(13)21-3)6-11-4-5-12(22-11)10-20-2/h4-5,8,13,15H,6-7,9-10H2,1-3H3/t13-,15+/m0/s1. The van der Waals surface area contributed by atoms with Crippen LogP contribution < -0.4 is 0 Å². The van der Waals surface area contributed by atoms with Gasteiger partial charge in [0.05, 0.1) is 18.3 Å². The van der Waals surface area contributed by atoms with Gasteiger partial charge in [-0.25, -0.2) is 0 Å². The number of likely N-dealkylation sites (tertiary alicyclic amines) is 1. The minimum absolute atomic E-state index is 0.130. The molecule has 2 atom stereocenters. The monoisotopic (exact) mass is 306 g/mol. The second-order valence-corrected chi connectivity index (χ2v) is 5.69. The van der Waals surface area contributed by atoms with Crippen molar-refractivity contribution in [3.8, 4) is 0 Å². The van der Waals surface area contributed by atoms with Gasteiger partial charge in [-0.2, -0.15) is 0 Å². The zero-order chi connectivity index (χ0) is 15.5. The van der Waals surface area contributed by atoms with E-state index in [1.807, 2.05) is 25.4 Å². The molecule has 7 nitrogen and oxygen atoms in total. The Hall–Kier alpha value is -1.70. The SMILES string of the molecule is COCc1ccc(CN2C[C@@H](OC)[C@H](c3cn(C)nn3)C2)o1. The fourth-order valence-electron chi connectivity index (χ4n) is 2.99. The third kappa shape index (κ3) is 3.21. The molecule has 0 saturated carbocycles. The molecule has 0 radical (unpaired) electrons. The van der Waals surface area contributed by atoms with Gasteiger partial charge in [-0.15, -0.1) is 5.10 Å². The van der Waals surface area contributed by atoms with Crippen LogP contribution in [0.3, 0.4) is 0 Å². The number of aryl methyl sites for hydroxylation is 1. The van der Waals surface area contributed by atoms with Crippen molar-refractivity contribution in [1.29, 1.82) is 0 Å². The molecular formula is C15H22N4O3. The van der Waals surface area contributed by atoms with Crippen molar-refractivity contribution >= 4 is 0 Å². The Labute approximate surface area is 129 Å². The average molecular weight is 306 g/mol. The Balaban J connectivity index is 1.65. The van der Waals surface area contributed by atoms with Crippen LogP contribution in [0.4, 0.5) is 0 Å². The summed E-state index contributed by atoms with van der Waals surface area (Å²) in [6.07, 6.45) is 2.09. The Morgan fingerprint density at radius 3 is 2.77 bits per heavy atom. The van der Waals surface area contributed by atoms with Crippen LogP contribution in [0.15, 0.2) is 22.7 Å². The van der Waals surface area contributed by atoms with Crippen molar-refractivity contribution < 1.29 is 13.9 Å². The zero-order valence-corrected chi connectivity index (χ0v) is 13.2. The highest BCUT2D eigenvalue weighted by molar-refractivity contribution is 5.12. The first-order valence-electron chi connectivity index (χ1n) is 7.37. The van der Waals surface area contributed by atoms with E-state index in [2.05, 4.69) is 15.2 Å². The van der Waals surface area contributed by atoms with E-state index < -0.39 is 0 Å². The van der Waals surface area contributed by atoms with Crippen LogP contribution in [0.1, 0.15) is 23.1 Å². The van der Waals surface area contributed by atoms with E-state index in [1.54, 1.807) is 18.9 Å². The van der Waals surface area contributed by atoms with Crippen LogP contribution in [0.2, 0.25) is 0 Å². The Morgan fingerprint density at radius 1 is 1.27 bits per heavy atom. The van der Waals surface area contributed by atoms with Gasteiger partial charge in [0.25, 0.3) is 0 Å². The molecule has 3 heterocycles. The predicted octanol–water partition coefficient (Wildman–Crippen LogP) is 1.17. The number of aromatic nitrogens is 3. The molecule has 22 heavy (non-hydrogen) atoms. The van der Waals surface area contributed by atoms with E-state index in [0.29, 0.717) is 6.61 Å². The van der Waals surface area contributed by atoms with Crippen LogP contribution in [0.5, 0.6) is 0 Å². The molecule has 0 aromatic carbocycles. The quantitative estimate of drug-likeness (QED) is 0.798. The Kier molecular flexibility index (Phi) is 4.56. The number of hydrogen-bond acceptors (Lipinski definition) is 6. The van der Waals surface area contributed by atoms with Gasteiger partial charge in [-0.05, 0) is 12.1 Å². The summed E-state index contributed by atoms with van der Waals surface area (Å²) in [5, 5.41) is 8.26. The lowest BCUT2D eigenvalue weighted by molar-refractivity contribution is 0.0948. The van der Waals surface area contributed by atoms with Crippen molar-refractivity contribution in [2.45, 2.75) is 25.2 Å². The van der Waals surface area contributed by atoms with Gasteiger partial charge >= 0.3 is 0 Å². The van der Waals surface area contributed by atoms with Crippen LogP contribution >= 0.6 is 0 Å². The van der Waals surface area contributed by atoms with Gasteiger partial charge in [0.2, 0.25) is 0 Å². The van der Waals surface area contributed by atoms with Gasteiger partial charge in [0.15, 0.2) is 0 Å². The number of methoxy groups -OCH3 is 2. The van der Waals surface area contributed by atoms with Gasteiger partial charge in [-0.1, -0.05) is 5.21 Å². The minimum atomic E-state index is 0.130. The molecule has 7 heteroatoms. The van der Waals surface area contributed by atoms with Crippen molar-refractivity contribution in [2.24, 2.45) is 7.05 Å². The first kappa shape index (κ1) is 15.2. The minimum Gasteiger partial charge on any atom is -0.462 e. The first-order valence-corrected chi connectivity index (χ1v) is 7.37. The van der Waals surface area contributed by atoms with E-state index in [-0.39, 0.29) is 12.0 Å². The number of hydrogen-bond donors (Lipinski definition) is 0. The average Bonchev–Trinajstić information content (AvgIpc) is 3.20. The highest BCUT2D eigenvalue weighted by Gasteiger charge is 2.36. The maximum absolute atomic E-state index is 5.76. The molecule has 0 unspecified atom stereocenters. The lowest BCUT2D eigenvalue weighted by Gasteiger charge is -2.13. The molecule has 0 spiro atoms. The Bertz CT molecular complexity index is 609. The lowest BCUT2D eigenvalue weighted by atomic mass is 10.0. The topological polar surface area (TPSA) is 65.6 Å². The summed E-state index contributed by atoms with van der Waals surface area (Å²) in [5.74, 6) is 2.04. The predicted molar refractivity (Wildman–Crippen MR) is 79.2 cm³/mol. The molecule has 120 valence electrons. The summed E-state index contributed by atoms with van der Waals surface area (Å²) in [7, 11) is 5.30. The number of rotatable bonds is 6. The molecule has 0 aliphatic carbocycles. The van der Waals surface area contributed by atoms with Crippen molar-refractivity contribution in [3.05, 3.63) is 35.5 Å². The summed E-state index contributed by atoms with van der Waals surface area (Å²) in [6.45, 7) is 3.01. The number of nitrogens with zero attached hydrogens (tertiary/aromatic N) is 4. The number of furan rings is 1. The fraction of sp³-hybridized carbons (Fsp3) is 0.600. The van der Waals surface area contributed by atoms with E-state index in [1.165, 1.54) is 0 Å². The third-order valence-electron chi connectivity index (χ3n) is 4.03. The highest BCUT2D eigenvalue weighted by Crippen LogP contribution is 2.29. The molecular weight excluding hydrogens is 284 g/mol. The summed E-state index contributed by atoms with van der Waals surface area (Å²) in [5.41, 5.74) is 0.983. The second-order valence-electron chi connectivity index (χ2n) is 5.69. The molecule has 2 aromatic rings. The van der Waals surface area contributed by atoms with E-state index in [0.717, 1.165) is 36.8 Å². The summed E-state index contributed by atoms with van der Waals surface area (Å²) >= 11 is 0. The van der Waals surface area contributed by atoms with Crippen LogP contribution in [-0.4, -0.2) is 53.3 Å². The first-order chi connectivity index (χ1) is 10.7. The van der Waals surface area contributed by atoms with Crippen LogP contribution in [-0.2, 0) is 29.7 Å². The number of ether oxygens (including phenoxy) is 2. The normalized spacial score (nSPS) is 22.5. The van der Waals surface area contributed by atoms with Crippen LogP contribution in [0.25, 0.3) is 0 Å². The van der Waals surface area contributed by atoms with Gasteiger partial charge in [-0.3, -0.25) is 9.58 Å². The fourth-order valence-corrected chi connectivity index (χ4v) is 2.99.